The Morgan fingerprint density at radius 1 is 1.42 bits per heavy atom. The summed E-state index contributed by atoms with van der Waals surface area (Å²) in [6.45, 7) is 3.35. The molecule has 2 N–H and O–H groups in total. The highest BCUT2D eigenvalue weighted by molar-refractivity contribution is 5.76. The fraction of sp³-hybridized carbons (Fsp3) is 0.538. The zero-order valence-corrected chi connectivity index (χ0v) is 11.2. The van der Waals surface area contributed by atoms with Crippen LogP contribution in [0.15, 0.2) is 18.2 Å². The number of nitro benzene ring substituents is 1. The van der Waals surface area contributed by atoms with Gasteiger partial charge >= 0.3 is 5.69 Å². The summed E-state index contributed by atoms with van der Waals surface area (Å²) in [5, 5.41) is 17.4. The lowest BCUT2D eigenvalue weighted by Crippen LogP contribution is -2.43. The molecule has 6 heteroatoms. The van der Waals surface area contributed by atoms with Gasteiger partial charge in [0.05, 0.1) is 17.1 Å². The third-order valence-electron chi connectivity index (χ3n) is 3.36. The molecule has 1 aliphatic heterocycles. The second-order valence-corrected chi connectivity index (χ2v) is 5.05. The minimum Gasteiger partial charge on any atom is -0.382 e. The molecule has 0 saturated carbocycles. The smallest absolute Gasteiger partial charge is 0.315 e. The van der Waals surface area contributed by atoms with Gasteiger partial charge in [-0.25, -0.2) is 0 Å². The van der Waals surface area contributed by atoms with Gasteiger partial charge in [0, 0.05) is 13.7 Å². The van der Waals surface area contributed by atoms with Crippen molar-refractivity contribution in [2.75, 3.05) is 30.9 Å². The van der Waals surface area contributed by atoms with Crippen molar-refractivity contribution in [3.63, 3.8) is 0 Å². The first-order valence-corrected chi connectivity index (χ1v) is 6.37. The summed E-state index contributed by atoms with van der Waals surface area (Å²) < 4.78 is 5.47. The third kappa shape index (κ3) is 2.96. The molecule has 0 amide bonds. The fourth-order valence-electron chi connectivity index (χ4n) is 2.40. The second kappa shape index (κ2) is 5.44. The van der Waals surface area contributed by atoms with E-state index >= 15 is 0 Å². The number of rotatable bonds is 4. The van der Waals surface area contributed by atoms with Crippen molar-refractivity contribution in [3.05, 3.63) is 28.3 Å². The van der Waals surface area contributed by atoms with Crippen LogP contribution in [-0.2, 0) is 4.74 Å². The molecular weight excluding hydrogens is 246 g/mol. The molecule has 1 fully saturated rings. The number of anilines is 2. The zero-order valence-electron chi connectivity index (χ0n) is 11.2. The SMILES string of the molecule is CNc1cccc(NC2(C)CCCOC2)c1[N+](=O)[O-]. The Morgan fingerprint density at radius 2 is 2.16 bits per heavy atom. The van der Waals surface area contributed by atoms with Gasteiger partial charge in [-0.1, -0.05) is 6.07 Å². The Balaban J connectivity index is 2.31. The Kier molecular flexibility index (Phi) is 3.90. The van der Waals surface area contributed by atoms with Gasteiger partial charge in [0.1, 0.15) is 11.4 Å². The van der Waals surface area contributed by atoms with Crippen molar-refractivity contribution < 1.29 is 9.66 Å². The van der Waals surface area contributed by atoms with Gasteiger partial charge < -0.3 is 15.4 Å². The molecule has 0 bridgehead atoms. The zero-order chi connectivity index (χ0) is 13.9. The maximum atomic E-state index is 11.2. The highest BCUT2D eigenvalue weighted by Crippen LogP contribution is 2.35. The number of nitrogens with zero attached hydrogens (tertiary/aromatic N) is 1. The van der Waals surface area contributed by atoms with Crippen molar-refractivity contribution in [2.45, 2.75) is 25.3 Å². The van der Waals surface area contributed by atoms with Gasteiger partial charge in [-0.3, -0.25) is 10.1 Å². The molecule has 19 heavy (non-hydrogen) atoms. The average molecular weight is 265 g/mol. The molecule has 0 radical (unpaired) electrons. The van der Waals surface area contributed by atoms with E-state index in [1.807, 2.05) is 6.92 Å². The van der Waals surface area contributed by atoms with E-state index in [4.69, 9.17) is 4.74 Å². The quantitative estimate of drug-likeness (QED) is 0.646. The highest BCUT2D eigenvalue weighted by atomic mass is 16.6. The first kappa shape index (κ1) is 13.6. The topological polar surface area (TPSA) is 76.4 Å². The van der Waals surface area contributed by atoms with Crippen molar-refractivity contribution in [3.8, 4) is 0 Å². The molecule has 1 heterocycles. The van der Waals surface area contributed by atoms with Crippen LogP contribution < -0.4 is 10.6 Å². The maximum Gasteiger partial charge on any atom is 0.315 e. The van der Waals surface area contributed by atoms with Crippen molar-refractivity contribution in [2.24, 2.45) is 0 Å². The van der Waals surface area contributed by atoms with E-state index < -0.39 is 0 Å². The minimum absolute atomic E-state index is 0.0804. The Morgan fingerprint density at radius 3 is 2.74 bits per heavy atom. The summed E-state index contributed by atoms with van der Waals surface area (Å²) in [5.41, 5.74) is 0.868. The van der Waals surface area contributed by atoms with Crippen LogP contribution in [0.1, 0.15) is 19.8 Å². The third-order valence-corrected chi connectivity index (χ3v) is 3.36. The number of nitro groups is 1. The molecule has 2 rings (SSSR count). The summed E-state index contributed by atoms with van der Waals surface area (Å²) >= 11 is 0. The van der Waals surface area contributed by atoms with Crippen molar-refractivity contribution in [1.82, 2.24) is 0 Å². The monoisotopic (exact) mass is 265 g/mol. The highest BCUT2D eigenvalue weighted by Gasteiger charge is 2.30. The van der Waals surface area contributed by atoms with E-state index in [2.05, 4.69) is 10.6 Å². The molecule has 0 spiro atoms. The Labute approximate surface area is 112 Å². The van der Waals surface area contributed by atoms with Crippen LogP contribution in [0.5, 0.6) is 0 Å². The molecule has 6 nitrogen and oxygen atoms in total. The Bertz CT molecular complexity index is 470. The minimum atomic E-state index is -0.360. The summed E-state index contributed by atoms with van der Waals surface area (Å²) in [6.07, 6.45) is 1.90. The number of nitrogens with one attached hydrogen (secondary N) is 2. The molecule has 1 aromatic rings. The predicted molar refractivity (Wildman–Crippen MR) is 74.7 cm³/mol. The maximum absolute atomic E-state index is 11.2. The number of para-hydroxylation sites is 1. The van der Waals surface area contributed by atoms with Crippen LogP contribution in [0.2, 0.25) is 0 Å². The molecule has 1 aromatic carbocycles. The molecule has 0 aromatic heterocycles. The number of ether oxygens (including phenoxy) is 1. The van der Waals surface area contributed by atoms with E-state index in [0.29, 0.717) is 18.0 Å². The summed E-state index contributed by atoms with van der Waals surface area (Å²) in [5.74, 6) is 0. The van der Waals surface area contributed by atoms with Crippen LogP contribution in [0.3, 0.4) is 0 Å². The van der Waals surface area contributed by atoms with E-state index in [0.717, 1.165) is 19.4 Å². The number of benzene rings is 1. The number of hydrogen-bond donors (Lipinski definition) is 2. The van der Waals surface area contributed by atoms with Gasteiger partial charge in [-0.05, 0) is 31.9 Å². The second-order valence-electron chi connectivity index (χ2n) is 5.05. The van der Waals surface area contributed by atoms with Crippen LogP contribution in [-0.4, -0.2) is 30.7 Å². The first-order chi connectivity index (χ1) is 9.06. The standard InChI is InChI=1S/C13H19N3O3/c1-13(7-4-8-19-9-13)15-11-6-3-5-10(14-2)12(11)16(17)18/h3,5-6,14-15H,4,7-9H2,1-2H3. The summed E-state index contributed by atoms with van der Waals surface area (Å²) in [4.78, 5) is 10.9. The van der Waals surface area contributed by atoms with Gasteiger partial charge in [0.2, 0.25) is 0 Å². The van der Waals surface area contributed by atoms with E-state index in [1.54, 1.807) is 25.2 Å². The summed E-state index contributed by atoms with van der Waals surface area (Å²) in [7, 11) is 1.68. The van der Waals surface area contributed by atoms with Crippen LogP contribution in [0.25, 0.3) is 0 Å². The van der Waals surface area contributed by atoms with Gasteiger partial charge in [0.15, 0.2) is 0 Å². The van der Waals surface area contributed by atoms with Crippen molar-refractivity contribution >= 4 is 17.1 Å². The lowest BCUT2D eigenvalue weighted by atomic mass is 9.94. The largest absolute Gasteiger partial charge is 0.382 e. The van der Waals surface area contributed by atoms with Crippen LogP contribution >= 0.6 is 0 Å². The van der Waals surface area contributed by atoms with E-state index in [1.165, 1.54) is 0 Å². The summed E-state index contributed by atoms with van der Waals surface area (Å²) in [6, 6.07) is 5.23. The predicted octanol–water partition coefficient (Wildman–Crippen LogP) is 2.62. The normalized spacial score (nSPS) is 22.8. The molecule has 0 aliphatic carbocycles. The van der Waals surface area contributed by atoms with Gasteiger partial charge in [0.25, 0.3) is 0 Å². The van der Waals surface area contributed by atoms with E-state index in [9.17, 15) is 10.1 Å². The van der Waals surface area contributed by atoms with Gasteiger partial charge in [-0.2, -0.15) is 0 Å². The molecule has 104 valence electrons. The fourth-order valence-corrected chi connectivity index (χ4v) is 2.40. The molecule has 1 aliphatic rings. The number of hydrogen-bond acceptors (Lipinski definition) is 5. The first-order valence-electron chi connectivity index (χ1n) is 6.37. The van der Waals surface area contributed by atoms with Crippen LogP contribution in [0, 0.1) is 10.1 Å². The molecule has 1 saturated heterocycles. The van der Waals surface area contributed by atoms with Crippen LogP contribution in [0.4, 0.5) is 17.1 Å². The lowest BCUT2D eigenvalue weighted by molar-refractivity contribution is -0.383. The molecule has 1 unspecified atom stereocenters. The van der Waals surface area contributed by atoms with Crippen molar-refractivity contribution in [1.29, 1.82) is 0 Å². The van der Waals surface area contributed by atoms with E-state index in [-0.39, 0.29) is 16.1 Å². The van der Waals surface area contributed by atoms with Gasteiger partial charge in [-0.15, -0.1) is 0 Å². The Hall–Kier alpha value is -1.82. The lowest BCUT2D eigenvalue weighted by Gasteiger charge is -2.35. The molecular formula is C13H19N3O3. The average Bonchev–Trinajstić information content (AvgIpc) is 2.38. The molecule has 1 atom stereocenters.